The number of fused-ring (bicyclic) bond motifs is 1. The highest BCUT2D eigenvalue weighted by molar-refractivity contribution is 7.22. The smallest absolute Gasteiger partial charge is 0.435 e. The van der Waals surface area contributed by atoms with Crippen LogP contribution in [0.15, 0.2) is 47.4 Å². The van der Waals surface area contributed by atoms with Gasteiger partial charge in [-0.25, -0.2) is 14.6 Å². The third kappa shape index (κ3) is 6.04. The zero-order valence-corrected chi connectivity index (χ0v) is 25.2. The van der Waals surface area contributed by atoms with Crippen LogP contribution in [0.5, 0.6) is 0 Å². The summed E-state index contributed by atoms with van der Waals surface area (Å²) in [4.78, 5) is 49.6. The molecule has 0 saturated carbocycles. The van der Waals surface area contributed by atoms with Crippen molar-refractivity contribution in [3.8, 4) is 10.4 Å². The molecule has 10 nitrogen and oxygen atoms in total. The van der Waals surface area contributed by atoms with Gasteiger partial charge in [0.25, 0.3) is 5.56 Å². The molecule has 1 aliphatic rings. The summed E-state index contributed by atoms with van der Waals surface area (Å²) in [7, 11) is 0. The van der Waals surface area contributed by atoms with Gasteiger partial charge in [-0.1, -0.05) is 30.3 Å². The summed E-state index contributed by atoms with van der Waals surface area (Å²) >= 11 is 1.28. The summed E-state index contributed by atoms with van der Waals surface area (Å²) in [6.45, 7) is 12.7. The predicted molar refractivity (Wildman–Crippen MR) is 157 cm³/mol. The molecule has 0 spiro atoms. The molecule has 1 fully saturated rings. The van der Waals surface area contributed by atoms with Crippen LogP contribution in [0.2, 0.25) is 0 Å². The number of aromatic nitrogens is 4. The predicted octanol–water partition coefficient (Wildman–Crippen LogP) is 6.75. The molecule has 2 atom stereocenters. The first kappa shape index (κ1) is 28.5. The Labute approximate surface area is 242 Å². The van der Waals surface area contributed by atoms with Gasteiger partial charge in [0.2, 0.25) is 0 Å². The quantitative estimate of drug-likeness (QED) is 0.286. The number of carbonyl (C=O) groups is 2. The molecule has 1 aromatic carbocycles. The highest BCUT2D eigenvalue weighted by atomic mass is 32.1. The normalized spacial score (nSPS) is 17.7. The Balaban J connectivity index is 1.51. The second-order valence-corrected chi connectivity index (χ2v) is 13.3. The lowest BCUT2D eigenvalue weighted by Crippen LogP contribution is -2.38. The molecule has 1 N–H and O–H groups in total. The van der Waals surface area contributed by atoms with Crippen molar-refractivity contribution in [3.05, 3.63) is 70.0 Å². The molecule has 0 unspecified atom stereocenters. The van der Waals surface area contributed by atoms with Gasteiger partial charge >= 0.3 is 12.2 Å². The lowest BCUT2D eigenvalue weighted by atomic mass is 10.1. The largest absolute Gasteiger partial charge is 0.444 e. The van der Waals surface area contributed by atoms with Crippen LogP contribution >= 0.6 is 11.3 Å². The van der Waals surface area contributed by atoms with Gasteiger partial charge in [-0.05, 0) is 72.9 Å². The number of nitrogens with one attached hydrogen (secondary N) is 1. The van der Waals surface area contributed by atoms with Crippen LogP contribution in [0.3, 0.4) is 0 Å². The molecule has 216 valence electrons. The van der Waals surface area contributed by atoms with E-state index in [0.717, 1.165) is 10.4 Å². The fourth-order valence-electron chi connectivity index (χ4n) is 5.00. The topological polar surface area (TPSA) is 119 Å². The Morgan fingerprint density at radius 2 is 1.61 bits per heavy atom. The molecule has 5 rings (SSSR count). The number of likely N-dealkylation sites (tertiary alicyclic amines) is 1. The number of ether oxygens (including phenoxy) is 2. The van der Waals surface area contributed by atoms with Crippen molar-refractivity contribution in [1.29, 1.82) is 0 Å². The summed E-state index contributed by atoms with van der Waals surface area (Å²) in [5.74, 6) is 0.414. The van der Waals surface area contributed by atoms with Crippen molar-refractivity contribution in [2.45, 2.75) is 84.6 Å². The third-order valence-electron chi connectivity index (χ3n) is 6.64. The second kappa shape index (κ2) is 10.4. The van der Waals surface area contributed by atoms with Gasteiger partial charge in [0, 0.05) is 16.6 Å². The van der Waals surface area contributed by atoms with E-state index in [2.05, 4.69) is 10.1 Å². The molecule has 1 aliphatic heterocycles. The van der Waals surface area contributed by atoms with Gasteiger partial charge in [0.15, 0.2) is 0 Å². The van der Waals surface area contributed by atoms with Gasteiger partial charge in [0.05, 0.1) is 23.3 Å². The number of aryl methyl sites for hydroxylation is 1. The van der Waals surface area contributed by atoms with Gasteiger partial charge in [0.1, 0.15) is 21.7 Å². The molecule has 41 heavy (non-hydrogen) atoms. The fourth-order valence-corrected chi connectivity index (χ4v) is 6.06. The van der Waals surface area contributed by atoms with E-state index in [0.29, 0.717) is 40.1 Å². The molecule has 0 aliphatic carbocycles. The molecular weight excluding hydrogens is 542 g/mol. The maximum Gasteiger partial charge on any atom is 0.435 e. The summed E-state index contributed by atoms with van der Waals surface area (Å²) in [5.41, 5.74) is 1.22. The average molecular weight is 578 g/mol. The fraction of sp³-hybridized carbons (Fsp3) is 0.433. The van der Waals surface area contributed by atoms with Crippen molar-refractivity contribution in [3.63, 3.8) is 0 Å². The number of hydrogen-bond acceptors (Lipinski definition) is 8. The summed E-state index contributed by atoms with van der Waals surface area (Å²) in [6, 6.07) is 11.0. The van der Waals surface area contributed by atoms with Crippen LogP contribution in [-0.4, -0.2) is 48.0 Å². The molecule has 0 bridgehead atoms. The van der Waals surface area contributed by atoms with Gasteiger partial charge in [-0.3, -0.25) is 9.69 Å². The van der Waals surface area contributed by atoms with Crippen molar-refractivity contribution >= 4 is 33.7 Å². The number of benzene rings is 1. The summed E-state index contributed by atoms with van der Waals surface area (Å²) in [6.07, 6.45) is 1.89. The first-order valence-electron chi connectivity index (χ1n) is 13.6. The summed E-state index contributed by atoms with van der Waals surface area (Å²) in [5, 5.41) is 4.32. The number of H-pyrrole nitrogens is 1. The summed E-state index contributed by atoms with van der Waals surface area (Å²) < 4.78 is 12.9. The molecular formula is C30H35N5O5S. The highest BCUT2D eigenvalue weighted by Gasteiger charge is 2.42. The van der Waals surface area contributed by atoms with Gasteiger partial charge in [-0.2, -0.15) is 9.78 Å². The Kier molecular flexibility index (Phi) is 7.27. The highest BCUT2D eigenvalue weighted by Crippen LogP contribution is 2.44. The van der Waals surface area contributed by atoms with E-state index >= 15 is 0 Å². The lowest BCUT2D eigenvalue weighted by molar-refractivity contribution is 0.0133. The number of nitrogens with zero attached hydrogens (tertiary/aromatic N) is 4. The van der Waals surface area contributed by atoms with Crippen molar-refractivity contribution < 1.29 is 19.1 Å². The monoisotopic (exact) mass is 577 g/mol. The standard InChI is InChI=1S/C30H35N5O5S/c1-17-19(16-34(33-17)27(37)39-29(2,3)4)23-15-20-24(41-23)26(36)32-25(31-20)22-14-13-21(18-11-9-8-10-12-18)35(22)28(38)40-30(5,6)7/h8-12,15-16,21-22H,13-14H2,1-7H3,(H,31,32,36)/t21-,22+/m1/s1. The Morgan fingerprint density at radius 1 is 0.976 bits per heavy atom. The van der Waals surface area contributed by atoms with E-state index in [1.54, 1.807) is 38.8 Å². The van der Waals surface area contributed by atoms with E-state index < -0.39 is 29.4 Å². The maximum atomic E-state index is 13.5. The minimum atomic E-state index is -0.680. The van der Waals surface area contributed by atoms with Crippen LogP contribution in [0, 0.1) is 6.92 Å². The van der Waals surface area contributed by atoms with E-state index in [-0.39, 0.29) is 11.6 Å². The maximum absolute atomic E-state index is 13.5. The van der Waals surface area contributed by atoms with Crippen LogP contribution in [0.1, 0.15) is 83.5 Å². The van der Waals surface area contributed by atoms with E-state index in [4.69, 9.17) is 14.5 Å². The number of carbonyl (C=O) groups excluding carboxylic acids is 2. The number of rotatable bonds is 3. The molecule has 4 aromatic rings. The molecule has 1 amide bonds. The molecule has 11 heteroatoms. The Hall–Kier alpha value is -3.99. The van der Waals surface area contributed by atoms with Crippen LogP contribution in [0.25, 0.3) is 20.7 Å². The average Bonchev–Trinajstić information content (AvgIpc) is 3.59. The minimum absolute atomic E-state index is 0.212. The van der Waals surface area contributed by atoms with Crippen molar-refractivity contribution in [2.75, 3.05) is 0 Å². The van der Waals surface area contributed by atoms with Crippen LogP contribution in [-0.2, 0) is 9.47 Å². The number of hydrogen-bond donors (Lipinski definition) is 1. The van der Waals surface area contributed by atoms with Gasteiger partial charge in [-0.15, -0.1) is 11.3 Å². The number of thiophene rings is 1. The van der Waals surface area contributed by atoms with E-state index in [1.165, 1.54) is 16.0 Å². The molecule has 3 aromatic heterocycles. The SMILES string of the molecule is Cc1nn(C(=O)OC(C)(C)C)cc1-c1cc2nc([C@@H]3CC[C@H](c4ccccc4)N3C(=O)OC(C)(C)C)[nH]c(=O)c2s1. The van der Waals surface area contributed by atoms with E-state index in [1.807, 2.05) is 57.2 Å². The molecule has 4 heterocycles. The van der Waals surface area contributed by atoms with Crippen molar-refractivity contribution in [1.82, 2.24) is 24.6 Å². The van der Waals surface area contributed by atoms with Crippen LogP contribution in [0.4, 0.5) is 9.59 Å². The molecule has 0 radical (unpaired) electrons. The first-order valence-corrected chi connectivity index (χ1v) is 14.4. The van der Waals surface area contributed by atoms with Crippen LogP contribution < -0.4 is 5.56 Å². The minimum Gasteiger partial charge on any atom is -0.444 e. The number of amides is 1. The van der Waals surface area contributed by atoms with Gasteiger partial charge < -0.3 is 14.5 Å². The molecule has 1 saturated heterocycles. The zero-order valence-electron chi connectivity index (χ0n) is 24.3. The Morgan fingerprint density at radius 3 is 2.27 bits per heavy atom. The Bertz CT molecular complexity index is 1660. The first-order chi connectivity index (χ1) is 19.2. The second-order valence-electron chi connectivity index (χ2n) is 12.2. The van der Waals surface area contributed by atoms with E-state index in [9.17, 15) is 14.4 Å². The third-order valence-corrected chi connectivity index (χ3v) is 7.79. The number of aromatic amines is 1. The van der Waals surface area contributed by atoms with Crippen molar-refractivity contribution in [2.24, 2.45) is 0 Å². The zero-order chi connectivity index (χ0) is 29.7. The lowest BCUT2D eigenvalue weighted by Gasteiger charge is -2.32.